The van der Waals surface area contributed by atoms with Gasteiger partial charge in [-0.1, -0.05) is 18.2 Å². The number of fused-ring (bicyclic) bond motifs is 1. The molecule has 3 N–H and O–H groups in total. The number of nitrogens with one attached hydrogen (secondary N) is 3. The zero-order valence-electron chi connectivity index (χ0n) is 13.2. The van der Waals surface area contributed by atoms with E-state index in [1.54, 1.807) is 6.92 Å². The summed E-state index contributed by atoms with van der Waals surface area (Å²) in [6.07, 6.45) is 2.11. The molecule has 0 saturated carbocycles. The zero-order valence-corrected chi connectivity index (χ0v) is 13.2. The Morgan fingerprint density at radius 3 is 3.04 bits per heavy atom. The van der Waals surface area contributed by atoms with E-state index >= 15 is 0 Å². The van der Waals surface area contributed by atoms with Crippen molar-refractivity contribution in [3.05, 3.63) is 36.0 Å². The van der Waals surface area contributed by atoms with Gasteiger partial charge in [-0.15, -0.1) is 0 Å². The van der Waals surface area contributed by atoms with Gasteiger partial charge in [-0.2, -0.15) is 0 Å². The Labute approximate surface area is 134 Å². The molecule has 1 fully saturated rings. The SMILES string of the molecule is CCOC(=O)C[C@@H]1C(=O)NCC[NH+]1Cc1c[nH]c2ccccc12. The zero-order chi connectivity index (χ0) is 16.2. The molecule has 6 nitrogen and oxygen atoms in total. The molecule has 122 valence electrons. The normalized spacial score (nSPS) is 21.2. The second-order valence-electron chi connectivity index (χ2n) is 5.80. The lowest BCUT2D eigenvalue weighted by atomic mass is 10.1. The number of carbonyl (C=O) groups is 2. The fraction of sp³-hybridized carbons (Fsp3) is 0.412. The van der Waals surface area contributed by atoms with Crippen LogP contribution < -0.4 is 10.2 Å². The number of aromatic amines is 1. The summed E-state index contributed by atoms with van der Waals surface area (Å²) in [6.45, 7) is 4.26. The molecule has 2 heterocycles. The summed E-state index contributed by atoms with van der Waals surface area (Å²) >= 11 is 0. The van der Waals surface area contributed by atoms with E-state index in [2.05, 4.69) is 16.4 Å². The van der Waals surface area contributed by atoms with Gasteiger partial charge in [0.05, 0.1) is 19.7 Å². The molecule has 1 aromatic carbocycles. The lowest BCUT2D eigenvalue weighted by Gasteiger charge is -2.31. The van der Waals surface area contributed by atoms with Crippen LogP contribution in [0, 0.1) is 0 Å². The fourth-order valence-electron chi connectivity index (χ4n) is 3.19. The van der Waals surface area contributed by atoms with E-state index in [0.29, 0.717) is 19.7 Å². The minimum atomic E-state index is -0.392. The Balaban J connectivity index is 1.78. The third kappa shape index (κ3) is 3.37. The first-order valence-corrected chi connectivity index (χ1v) is 8.02. The van der Waals surface area contributed by atoms with E-state index in [0.717, 1.165) is 17.0 Å². The molecule has 0 spiro atoms. The Bertz CT molecular complexity index is 710. The maximum absolute atomic E-state index is 12.2. The smallest absolute Gasteiger partial charge is 0.312 e. The molecule has 3 rings (SSSR count). The number of piperazine rings is 1. The number of aromatic nitrogens is 1. The second kappa shape index (κ2) is 6.83. The topological polar surface area (TPSA) is 75.6 Å². The first-order valence-electron chi connectivity index (χ1n) is 8.02. The van der Waals surface area contributed by atoms with E-state index in [9.17, 15) is 9.59 Å². The fourth-order valence-corrected chi connectivity index (χ4v) is 3.19. The first-order chi connectivity index (χ1) is 11.2. The summed E-state index contributed by atoms with van der Waals surface area (Å²) in [4.78, 5) is 28.3. The van der Waals surface area contributed by atoms with Crippen LogP contribution in [0.4, 0.5) is 0 Å². The number of H-pyrrole nitrogens is 1. The molecule has 1 aliphatic rings. The number of esters is 1. The van der Waals surface area contributed by atoms with Crippen molar-refractivity contribution in [1.29, 1.82) is 0 Å². The van der Waals surface area contributed by atoms with Crippen LogP contribution in [0.3, 0.4) is 0 Å². The van der Waals surface area contributed by atoms with Gasteiger partial charge in [0.2, 0.25) is 0 Å². The van der Waals surface area contributed by atoms with Crippen LogP contribution in [-0.2, 0) is 20.9 Å². The molecular formula is C17H22N3O3+. The number of ether oxygens (including phenoxy) is 1. The molecule has 1 aliphatic heterocycles. The summed E-state index contributed by atoms with van der Waals surface area (Å²) in [5.41, 5.74) is 2.25. The van der Waals surface area contributed by atoms with Gasteiger partial charge in [0, 0.05) is 22.7 Å². The maximum atomic E-state index is 12.2. The highest BCUT2D eigenvalue weighted by molar-refractivity contribution is 5.86. The highest BCUT2D eigenvalue weighted by Crippen LogP contribution is 2.16. The number of hydrogen-bond acceptors (Lipinski definition) is 3. The van der Waals surface area contributed by atoms with Gasteiger partial charge in [0.15, 0.2) is 6.04 Å². The predicted octanol–water partition coefficient (Wildman–Crippen LogP) is 0.00440. The average molecular weight is 316 g/mol. The standard InChI is InChI=1S/C17H21N3O3/c1-2-23-16(21)9-15-17(22)18-7-8-20(15)11-12-10-19-14-6-4-3-5-13(12)14/h3-6,10,15,19H,2,7-9,11H2,1H3,(H,18,22)/p+1/t15-/m1/s1. The number of rotatable bonds is 5. The van der Waals surface area contributed by atoms with Crippen molar-refractivity contribution in [3.63, 3.8) is 0 Å². The minimum Gasteiger partial charge on any atom is -0.466 e. The Morgan fingerprint density at radius 2 is 2.22 bits per heavy atom. The summed E-state index contributed by atoms with van der Waals surface area (Å²) in [7, 11) is 0. The van der Waals surface area contributed by atoms with E-state index in [1.807, 2.05) is 24.4 Å². The van der Waals surface area contributed by atoms with E-state index in [1.165, 1.54) is 10.9 Å². The Kier molecular flexibility index (Phi) is 4.62. The highest BCUT2D eigenvalue weighted by atomic mass is 16.5. The van der Waals surface area contributed by atoms with Gasteiger partial charge >= 0.3 is 5.97 Å². The van der Waals surface area contributed by atoms with Gasteiger partial charge < -0.3 is 19.9 Å². The van der Waals surface area contributed by atoms with Gasteiger partial charge in [0.1, 0.15) is 13.0 Å². The van der Waals surface area contributed by atoms with Gasteiger partial charge in [-0.25, -0.2) is 0 Å². The average Bonchev–Trinajstić information content (AvgIpc) is 2.94. The van der Waals surface area contributed by atoms with E-state index < -0.39 is 6.04 Å². The van der Waals surface area contributed by atoms with Crippen LogP contribution in [0.5, 0.6) is 0 Å². The van der Waals surface area contributed by atoms with Crippen molar-refractivity contribution >= 4 is 22.8 Å². The van der Waals surface area contributed by atoms with E-state index in [4.69, 9.17) is 4.74 Å². The van der Waals surface area contributed by atoms with Crippen LogP contribution in [0.25, 0.3) is 10.9 Å². The Hall–Kier alpha value is -2.34. The molecule has 1 unspecified atom stereocenters. The molecule has 2 atom stereocenters. The molecule has 0 aliphatic carbocycles. The molecule has 1 aromatic heterocycles. The predicted molar refractivity (Wildman–Crippen MR) is 85.9 cm³/mol. The van der Waals surface area contributed by atoms with Crippen molar-refractivity contribution in [2.24, 2.45) is 0 Å². The van der Waals surface area contributed by atoms with Crippen LogP contribution in [-0.4, -0.2) is 42.6 Å². The van der Waals surface area contributed by atoms with Crippen LogP contribution >= 0.6 is 0 Å². The summed E-state index contributed by atoms with van der Waals surface area (Å²) < 4.78 is 5.01. The number of hydrogen-bond donors (Lipinski definition) is 3. The quantitative estimate of drug-likeness (QED) is 0.680. The number of carbonyl (C=O) groups excluding carboxylic acids is 2. The number of para-hydroxylation sites is 1. The molecular weight excluding hydrogens is 294 g/mol. The van der Waals surface area contributed by atoms with E-state index in [-0.39, 0.29) is 18.3 Å². The second-order valence-corrected chi connectivity index (χ2v) is 5.80. The maximum Gasteiger partial charge on any atom is 0.312 e. The van der Waals surface area contributed by atoms with Crippen LogP contribution in [0.1, 0.15) is 18.9 Å². The van der Waals surface area contributed by atoms with Crippen molar-refractivity contribution < 1.29 is 19.2 Å². The first kappa shape index (κ1) is 15.6. The molecule has 1 amide bonds. The van der Waals surface area contributed by atoms with Crippen molar-refractivity contribution in [3.8, 4) is 0 Å². The highest BCUT2D eigenvalue weighted by Gasteiger charge is 2.36. The molecule has 23 heavy (non-hydrogen) atoms. The lowest BCUT2D eigenvalue weighted by Crippen LogP contribution is -3.18. The van der Waals surface area contributed by atoms with Crippen molar-refractivity contribution in [1.82, 2.24) is 10.3 Å². The number of quaternary nitrogens is 1. The van der Waals surface area contributed by atoms with Crippen LogP contribution in [0.2, 0.25) is 0 Å². The number of amides is 1. The van der Waals surface area contributed by atoms with Gasteiger partial charge in [0.25, 0.3) is 5.91 Å². The minimum absolute atomic E-state index is 0.0702. The summed E-state index contributed by atoms with van der Waals surface area (Å²) in [5, 5.41) is 4.02. The van der Waals surface area contributed by atoms with Crippen molar-refractivity contribution in [2.75, 3.05) is 19.7 Å². The summed E-state index contributed by atoms with van der Waals surface area (Å²) in [5.74, 6) is -0.384. The largest absolute Gasteiger partial charge is 0.466 e. The molecule has 2 aromatic rings. The summed E-state index contributed by atoms with van der Waals surface area (Å²) in [6, 6.07) is 7.72. The van der Waals surface area contributed by atoms with Gasteiger partial charge in [-0.05, 0) is 13.0 Å². The molecule has 6 heteroatoms. The Morgan fingerprint density at radius 1 is 1.39 bits per heavy atom. The van der Waals surface area contributed by atoms with Crippen LogP contribution in [0.15, 0.2) is 30.5 Å². The lowest BCUT2D eigenvalue weighted by molar-refractivity contribution is -0.930. The molecule has 0 bridgehead atoms. The third-order valence-electron chi connectivity index (χ3n) is 4.32. The third-order valence-corrected chi connectivity index (χ3v) is 4.32. The molecule has 1 saturated heterocycles. The molecule has 0 radical (unpaired) electrons. The monoisotopic (exact) mass is 316 g/mol. The number of benzene rings is 1. The van der Waals surface area contributed by atoms with Crippen molar-refractivity contribution in [2.45, 2.75) is 25.9 Å². The van der Waals surface area contributed by atoms with Gasteiger partial charge in [-0.3, -0.25) is 9.59 Å².